The highest BCUT2D eigenvalue weighted by atomic mass is 19.3. The van der Waals surface area contributed by atoms with Crippen LogP contribution < -0.4 is 5.32 Å². The summed E-state index contributed by atoms with van der Waals surface area (Å²) in [6.07, 6.45) is 0.0991. The Hall–Kier alpha value is -0.940. The summed E-state index contributed by atoms with van der Waals surface area (Å²) in [5.74, 6) is 0.858. The summed E-state index contributed by atoms with van der Waals surface area (Å²) >= 11 is 0. The largest absolute Gasteiger partial charge is 0.468 e. The maximum absolute atomic E-state index is 11.7. The van der Waals surface area contributed by atoms with Crippen LogP contribution in [0.3, 0.4) is 0 Å². The number of alkyl halides is 2. The molecule has 1 aromatic rings. The number of halogens is 2. The van der Waals surface area contributed by atoms with Gasteiger partial charge in [-0.2, -0.15) is 0 Å². The molecule has 3 nitrogen and oxygen atoms in total. The molecule has 0 saturated carbocycles. The Balaban J connectivity index is 2.15. The summed E-state index contributed by atoms with van der Waals surface area (Å²) in [5.41, 5.74) is 0. The number of furan rings is 1. The number of rotatable bonds is 8. The van der Waals surface area contributed by atoms with Gasteiger partial charge in [-0.25, -0.2) is 8.78 Å². The molecule has 1 heterocycles. The highest BCUT2D eigenvalue weighted by Crippen LogP contribution is 2.16. The first-order valence-electron chi connectivity index (χ1n) is 5.36. The monoisotopic (exact) mass is 233 g/mol. The SMILES string of the molecule is CCC(NCCOCC(F)F)c1ccco1. The molecule has 0 bridgehead atoms. The minimum atomic E-state index is -2.40. The van der Waals surface area contributed by atoms with E-state index in [0.717, 1.165) is 12.2 Å². The molecule has 92 valence electrons. The molecular formula is C11H17F2NO2. The summed E-state index contributed by atoms with van der Waals surface area (Å²) < 4.78 is 33.5. The van der Waals surface area contributed by atoms with Crippen molar-refractivity contribution in [2.75, 3.05) is 19.8 Å². The van der Waals surface area contributed by atoms with Gasteiger partial charge in [-0.05, 0) is 18.6 Å². The van der Waals surface area contributed by atoms with E-state index in [0.29, 0.717) is 6.54 Å². The van der Waals surface area contributed by atoms with Gasteiger partial charge in [0.2, 0.25) is 0 Å². The van der Waals surface area contributed by atoms with Gasteiger partial charge in [0.05, 0.1) is 18.9 Å². The zero-order chi connectivity index (χ0) is 11.8. The highest BCUT2D eigenvalue weighted by molar-refractivity contribution is 5.03. The Labute approximate surface area is 93.8 Å². The molecule has 0 aliphatic rings. The Morgan fingerprint density at radius 1 is 1.50 bits per heavy atom. The van der Waals surface area contributed by atoms with Crippen LogP contribution in [0.4, 0.5) is 8.78 Å². The van der Waals surface area contributed by atoms with Gasteiger partial charge < -0.3 is 14.5 Å². The molecule has 16 heavy (non-hydrogen) atoms. The van der Waals surface area contributed by atoms with E-state index in [2.05, 4.69) is 5.32 Å². The minimum Gasteiger partial charge on any atom is -0.468 e. The predicted octanol–water partition coefficient (Wildman–Crippen LogP) is 2.60. The fourth-order valence-corrected chi connectivity index (χ4v) is 1.41. The van der Waals surface area contributed by atoms with E-state index in [1.807, 2.05) is 19.1 Å². The van der Waals surface area contributed by atoms with Crippen LogP contribution in [-0.2, 0) is 4.74 Å². The van der Waals surface area contributed by atoms with Gasteiger partial charge in [0, 0.05) is 6.54 Å². The molecule has 0 aliphatic carbocycles. The molecule has 0 aromatic carbocycles. The lowest BCUT2D eigenvalue weighted by Gasteiger charge is -2.14. The lowest BCUT2D eigenvalue weighted by Crippen LogP contribution is -2.25. The highest BCUT2D eigenvalue weighted by Gasteiger charge is 2.10. The van der Waals surface area contributed by atoms with Crippen molar-refractivity contribution in [1.82, 2.24) is 5.32 Å². The van der Waals surface area contributed by atoms with Crippen LogP contribution in [0.5, 0.6) is 0 Å². The molecule has 0 radical (unpaired) electrons. The number of ether oxygens (including phenoxy) is 1. The van der Waals surface area contributed by atoms with Crippen molar-refractivity contribution in [1.29, 1.82) is 0 Å². The summed E-state index contributed by atoms with van der Waals surface area (Å²) in [4.78, 5) is 0. The normalized spacial score (nSPS) is 13.2. The third kappa shape index (κ3) is 4.72. The van der Waals surface area contributed by atoms with Crippen molar-refractivity contribution in [2.45, 2.75) is 25.8 Å². The maximum Gasteiger partial charge on any atom is 0.261 e. The van der Waals surface area contributed by atoms with E-state index >= 15 is 0 Å². The number of nitrogens with one attached hydrogen (secondary N) is 1. The van der Waals surface area contributed by atoms with Gasteiger partial charge in [0.1, 0.15) is 12.4 Å². The van der Waals surface area contributed by atoms with E-state index in [-0.39, 0.29) is 12.6 Å². The third-order valence-corrected chi connectivity index (χ3v) is 2.18. The van der Waals surface area contributed by atoms with Crippen molar-refractivity contribution >= 4 is 0 Å². The molecule has 1 aromatic heterocycles. The number of hydrogen-bond acceptors (Lipinski definition) is 3. The van der Waals surface area contributed by atoms with E-state index in [1.165, 1.54) is 0 Å². The van der Waals surface area contributed by atoms with Gasteiger partial charge in [-0.3, -0.25) is 0 Å². The van der Waals surface area contributed by atoms with Crippen molar-refractivity contribution < 1.29 is 17.9 Å². The molecule has 0 spiro atoms. The molecule has 0 amide bonds. The topological polar surface area (TPSA) is 34.4 Å². The van der Waals surface area contributed by atoms with E-state index in [1.54, 1.807) is 6.26 Å². The second-order valence-electron chi connectivity index (χ2n) is 3.40. The zero-order valence-electron chi connectivity index (χ0n) is 9.29. The first-order chi connectivity index (χ1) is 7.74. The van der Waals surface area contributed by atoms with Gasteiger partial charge in [-0.15, -0.1) is 0 Å². The van der Waals surface area contributed by atoms with Crippen LogP contribution in [0.2, 0.25) is 0 Å². The summed E-state index contributed by atoms with van der Waals surface area (Å²) in [7, 11) is 0. The van der Waals surface area contributed by atoms with Gasteiger partial charge in [-0.1, -0.05) is 6.92 Å². The summed E-state index contributed by atoms with van der Waals surface area (Å²) in [6, 6.07) is 3.83. The van der Waals surface area contributed by atoms with E-state index in [4.69, 9.17) is 9.15 Å². The molecule has 1 N–H and O–H groups in total. The van der Waals surface area contributed by atoms with Crippen molar-refractivity contribution in [3.63, 3.8) is 0 Å². The predicted molar refractivity (Wildman–Crippen MR) is 56.6 cm³/mol. The van der Waals surface area contributed by atoms with Crippen molar-refractivity contribution in [3.05, 3.63) is 24.2 Å². The van der Waals surface area contributed by atoms with Gasteiger partial charge in [0.25, 0.3) is 6.43 Å². The van der Waals surface area contributed by atoms with Crippen LogP contribution in [0, 0.1) is 0 Å². The molecule has 5 heteroatoms. The lowest BCUT2D eigenvalue weighted by molar-refractivity contribution is 0.0180. The maximum atomic E-state index is 11.7. The van der Waals surface area contributed by atoms with Crippen LogP contribution in [0.15, 0.2) is 22.8 Å². The van der Waals surface area contributed by atoms with Crippen LogP contribution in [0.25, 0.3) is 0 Å². The number of hydrogen-bond donors (Lipinski definition) is 1. The molecule has 0 saturated heterocycles. The lowest BCUT2D eigenvalue weighted by atomic mass is 10.2. The molecule has 1 atom stereocenters. The first kappa shape index (κ1) is 13.1. The summed E-state index contributed by atoms with van der Waals surface area (Å²) in [5, 5.41) is 3.18. The molecule has 0 fully saturated rings. The molecule has 1 rings (SSSR count). The third-order valence-electron chi connectivity index (χ3n) is 2.18. The molecular weight excluding hydrogens is 216 g/mol. The van der Waals surface area contributed by atoms with Crippen LogP contribution in [0.1, 0.15) is 25.1 Å². The second kappa shape index (κ2) is 7.35. The Kier molecular flexibility index (Phi) is 6.03. The van der Waals surface area contributed by atoms with E-state index < -0.39 is 13.0 Å². The van der Waals surface area contributed by atoms with Crippen molar-refractivity contribution in [2.24, 2.45) is 0 Å². The van der Waals surface area contributed by atoms with E-state index in [9.17, 15) is 8.78 Å². The van der Waals surface area contributed by atoms with Crippen LogP contribution >= 0.6 is 0 Å². The molecule has 1 unspecified atom stereocenters. The smallest absolute Gasteiger partial charge is 0.261 e. The summed E-state index contributed by atoms with van der Waals surface area (Å²) in [6.45, 7) is 2.34. The average molecular weight is 233 g/mol. The second-order valence-corrected chi connectivity index (χ2v) is 3.40. The standard InChI is InChI=1S/C11H17F2NO2/c1-2-9(10-4-3-6-16-10)14-5-7-15-8-11(12)13/h3-4,6,9,11,14H,2,5,7-8H2,1H3. The Bertz CT molecular complexity index is 265. The quantitative estimate of drug-likeness (QED) is 0.701. The fourth-order valence-electron chi connectivity index (χ4n) is 1.41. The Morgan fingerprint density at radius 2 is 2.31 bits per heavy atom. The van der Waals surface area contributed by atoms with Gasteiger partial charge >= 0.3 is 0 Å². The molecule has 0 aliphatic heterocycles. The van der Waals surface area contributed by atoms with Crippen molar-refractivity contribution in [3.8, 4) is 0 Å². The Morgan fingerprint density at radius 3 is 2.88 bits per heavy atom. The van der Waals surface area contributed by atoms with Crippen LogP contribution in [-0.4, -0.2) is 26.2 Å². The average Bonchev–Trinajstić information content (AvgIpc) is 2.76. The zero-order valence-corrected chi connectivity index (χ0v) is 9.29. The first-order valence-corrected chi connectivity index (χ1v) is 5.36. The van der Waals surface area contributed by atoms with Gasteiger partial charge in [0.15, 0.2) is 0 Å². The minimum absolute atomic E-state index is 0.116. The fraction of sp³-hybridized carbons (Fsp3) is 0.636.